The first-order valence-corrected chi connectivity index (χ1v) is 9.11. The number of carbonyl (C=O) groups is 2. The van der Waals surface area contributed by atoms with Crippen LogP contribution in [0.25, 0.3) is 0 Å². The van der Waals surface area contributed by atoms with E-state index in [2.05, 4.69) is 64.4 Å². The van der Waals surface area contributed by atoms with E-state index in [-0.39, 0.29) is 14.8 Å². The molecule has 1 fully saturated rings. The summed E-state index contributed by atoms with van der Waals surface area (Å²) in [7, 11) is 0. The maximum atomic E-state index is 10.4. The largest absolute Gasteiger partial charge is 0.480 e. The molecule has 2 aliphatic rings. The van der Waals surface area contributed by atoms with Crippen LogP contribution >= 0.6 is 34.2 Å². The molecule has 23 heavy (non-hydrogen) atoms. The molecule has 3 unspecified atom stereocenters. The molecule has 1 amide bonds. The van der Waals surface area contributed by atoms with Crippen LogP contribution in [-0.4, -0.2) is 33.6 Å². The molecule has 0 bridgehead atoms. The zero-order valence-electron chi connectivity index (χ0n) is 12.8. The van der Waals surface area contributed by atoms with Gasteiger partial charge in [-0.1, -0.05) is 46.9 Å². The Morgan fingerprint density at radius 2 is 2.09 bits per heavy atom. The second-order valence-corrected chi connectivity index (χ2v) is 7.83. The van der Waals surface area contributed by atoms with Crippen molar-refractivity contribution in [2.24, 2.45) is 0 Å². The van der Waals surface area contributed by atoms with Crippen LogP contribution in [0, 0.1) is 0 Å². The third kappa shape index (κ3) is 4.58. The van der Waals surface area contributed by atoms with Gasteiger partial charge in [-0.2, -0.15) is 0 Å². The summed E-state index contributed by atoms with van der Waals surface area (Å²) in [5.74, 6) is -1.11. The highest BCUT2D eigenvalue weighted by Crippen LogP contribution is 2.38. The fraction of sp³-hybridized carbons (Fsp3) is 0.500. The summed E-state index contributed by atoms with van der Waals surface area (Å²) >= 11 is 8.97. The standard InChI is InChI=1S/C11H13ClIN.C5H7NO3/c1-11(12)9-5-3-2-4-8(9)6-7-14-10(11)13;7-4-2-1-3(6-4)5(8)9/h2-5,10,14H,6-7H2,1H3;3H,1-2H2,(H,6,7)(H,8,9). The lowest BCUT2D eigenvalue weighted by Gasteiger charge is -2.28. The highest BCUT2D eigenvalue weighted by molar-refractivity contribution is 14.1. The molecule has 3 atom stereocenters. The number of fused-ring (bicyclic) bond motifs is 1. The molecule has 0 aromatic heterocycles. The van der Waals surface area contributed by atoms with Gasteiger partial charge in [0.1, 0.15) is 6.04 Å². The van der Waals surface area contributed by atoms with E-state index >= 15 is 0 Å². The van der Waals surface area contributed by atoms with Crippen LogP contribution in [0.3, 0.4) is 0 Å². The third-order valence-corrected chi connectivity index (χ3v) is 6.51. The van der Waals surface area contributed by atoms with Crippen LogP contribution in [-0.2, 0) is 20.9 Å². The summed E-state index contributed by atoms with van der Waals surface area (Å²) < 4.78 is 0.283. The van der Waals surface area contributed by atoms with Crippen molar-refractivity contribution in [3.8, 4) is 0 Å². The number of halogens is 2. The van der Waals surface area contributed by atoms with Crippen molar-refractivity contribution in [1.29, 1.82) is 0 Å². The molecule has 5 nitrogen and oxygen atoms in total. The smallest absolute Gasteiger partial charge is 0.326 e. The normalized spacial score (nSPS) is 29.6. The number of alkyl halides is 2. The fourth-order valence-corrected chi connectivity index (χ4v) is 3.58. The predicted octanol–water partition coefficient (Wildman–Crippen LogP) is 2.40. The lowest BCUT2D eigenvalue weighted by atomic mass is 9.95. The fourth-order valence-electron chi connectivity index (χ4n) is 2.68. The summed E-state index contributed by atoms with van der Waals surface area (Å²) in [5, 5.41) is 14.1. The van der Waals surface area contributed by atoms with Crippen molar-refractivity contribution < 1.29 is 14.7 Å². The number of hydrogen-bond acceptors (Lipinski definition) is 3. The molecule has 7 heteroatoms. The molecule has 0 saturated carbocycles. The summed E-state index contributed by atoms with van der Waals surface area (Å²) in [4.78, 5) is 20.2. The first-order chi connectivity index (χ1) is 10.8. The molecule has 0 radical (unpaired) electrons. The first-order valence-electron chi connectivity index (χ1n) is 7.49. The predicted molar refractivity (Wildman–Crippen MR) is 98.0 cm³/mol. The Morgan fingerprint density at radius 3 is 2.65 bits per heavy atom. The summed E-state index contributed by atoms with van der Waals surface area (Å²) in [6.07, 6.45) is 1.84. The minimum atomic E-state index is -0.944. The van der Waals surface area contributed by atoms with Crippen LogP contribution in [0.5, 0.6) is 0 Å². The summed E-state index contributed by atoms with van der Waals surface area (Å²) in [5.41, 5.74) is 2.64. The number of nitrogens with one attached hydrogen (secondary N) is 2. The zero-order chi connectivity index (χ0) is 17.0. The van der Waals surface area contributed by atoms with Gasteiger partial charge in [-0.05, 0) is 30.9 Å². The molecule has 126 valence electrons. The second-order valence-electron chi connectivity index (χ2n) is 5.80. The van der Waals surface area contributed by atoms with Crippen molar-refractivity contribution in [3.63, 3.8) is 0 Å². The Labute approximate surface area is 154 Å². The lowest BCUT2D eigenvalue weighted by molar-refractivity contribution is -0.140. The molecule has 1 aromatic carbocycles. The zero-order valence-corrected chi connectivity index (χ0v) is 15.7. The van der Waals surface area contributed by atoms with Gasteiger partial charge in [-0.15, -0.1) is 11.6 Å². The van der Waals surface area contributed by atoms with Gasteiger partial charge in [-0.25, -0.2) is 4.79 Å². The molecule has 0 spiro atoms. The van der Waals surface area contributed by atoms with Gasteiger partial charge >= 0.3 is 5.97 Å². The molecular weight excluding hydrogens is 431 g/mol. The number of carboxylic acid groups (broad SMARTS) is 1. The van der Waals surface area contributed by atoms with E-state index in [4.69, 9.17) is 16.7 Å². The summed E-state index contributed by atoms with van der Waals surface area (Å²) in [6.45, 7) is 3.09. The molecule has 1 aromatic rings. The van der Waals surface area contributed by atoms with Crippen LogP contribution in [0.2, 0.25) is 0 Å². The summed E-state index contributed by atoms with van der Waals surface area (Å²) in [6, 6.07) is 7.82. The van der Waals surface area contributed by atoms with Crippen molar-refractivity contribution in [1.82, 2.24) is 10.6 Å². The minimum Gasteiger partial charge on any atom is -0.480 e. The topological polar surface area (TPSA) is 78.4 Å². The van der Waals surface area contributed by atoms with E-state index in [0.717, 1.165) is 13.0 Å². The molecule has 2 aliphatic heterocycles. The van der Waals surface area contributed by atoms with Crippen LogP contribution in [0.4, 0.5) is 0 Å². The van der Waals surface area contributed by atoms with Gasteiger partial charge < -0.3 is 15.7 Å². The van der Waals surface area contributed by atoms with Crippen molar-refractivity contribution in [2.75, 3.05) is 6.54 Å². The monoisotopic (exact) mass is 450 g/mol. The Balaban J connectivity index is 0.000000185. The van der Waals surface area contributed by atoms with Crippen LogP contribution in [0.1, 0.15) is 30.9 Å². The lowest BCUT2D eigenvalue weighted by Crippen LogP contribution is -2.37. The highest BCUT2D eigenvalue weighted by Gasteiger charge is 2.35. The van der Waals surface area contributed by atoms with E-state index in [1.165, 1.54) is 11.1 Å². The van der Waals surface area contributed by atoms with Gasteiger partial charge in [0.05, 0.1) is 8.92 Å². The average Bonchev–Trinajstić information content (AvgIpc) is 2.90. The number of carbonyl (C=O) groups excluding carboxylic acids is 1. The minimum absolute atomic E-state index is 0.164. The SMILES string of the molecule is CC1(Cl)c2ccccc2CCNC1I.O=C1CCC(C(=O)O)N1. The van der Waals surface area contributed by atoms with E-state index < -0.39 is 12.0 Å². The second kappa shape index (κ2) is 7.81. The molecule has 3 rings (SSSR count). The molecule has 0 aliphatic carbocycles. The number of hydrogen-bond donors (Lipinski definition) is 3. The number of amides is 1. The van der Waals surface area contributed by atoms with Crippen LogP contribution < -0.4 is 10.6 Å². The van der Waals surface area contributed by atoms with Gasteiger partial charge in [0.25, 0.3) is 0 Å². The first kappa shape index (κ1) is 18.5. The van der Waals surface area contributed by atoms with Crippen LogP contribution in [0.15, 0.2) is 24.3 Å². The number of rotatable bonds is 1. The average molecular weight is 451 g/mol. The van der Waals surface area contributed by atoms with E-state index in [0.29, 0.717) is 12.8 Å². The molecular formula is C16H20ClIN2O3. The number of carboxylic acids is 1. The van der Waals surface area contributed by atoms with Crippen molar-refractivity contribution in [3.05, 3.63) is 35.4 Å². The number of aliphatic carboxylic acids is 1. The number of benzene rings is 1. The van der Waals surface area contributed by atoms with E-state index in [9.17, 15) is 9.59 Å². The van der Waals surface area contributed by atoms with Gasteiger partial charge in [-0.3, -0.25) is 4.79 Å². The Bertz CT molecular complexity index is 594. The third-order valence-electron chi connectivity index (χ3n) is 4.03. The highest BCUT2D eigenvalue weighted by atomic mass is 127. The quantitative estimate of drug-likeness (QED) is 0.349. The maximum Gasteiger partial charge on any atom is 0.326 e. The van der Waals surface area contributed by atoms with Gasteiger partial charge in [0.2, 0.25) is 5.91 Å². The molecule has 2 heterocycles. The van der Waals surface area contributed by atoms with E-state index in [1.807, 2.05) is 0 Å². The Hall–Kier alpha value is -0.860. The van der Waals surface area contributed by atoms with Crippen molar-refractivity contribution in [2.45, 2.75) is 41.2 Å². The Morgan fingerprint density at radius 1 is 1.39 bits per heavy atom. The van der Waals surface area contributed by atoms with Gasteiger partial charge in [0, 0.05) is 13.0 Å². The molecule has 3 N–H and O–H groups in total. The van der Waals surface area contributed by atoms with Gasteiger partial charge in [0.15, 0.2) is 0 Å². The maximum absolute atomic E-state index is 10.4. The van der Waals surface area contributed by atoms with Crippen molar-refractivity contribution >= 4 is 46.1 Å². The Kier molecular flexibility index (Phi) is 6.27. The van der Waals surface area contributed by atoms with E-state index in [1.54, 1.807) is 0 Å². The molecule has 1 saturated heterocycles.